The fourth-order valence-electron chi connectivity index (χ4n) is 6.11. The summed E-state index contributed by atoms with van der Waals surface area (Å²) in [5, 5.41) is 3.01. The molecule has 1 N–H and O–H groups in total. The van der Waals surface area contributed by atoms with Gasteiger partial charge in [-0.2, -0.15) is 0 Å². The number of aromatic nitrogens is 5. The molecule has 9 nitrogen and oxygen atoms in total. The van der Waals surface area contributed by atoms with Crippen LogP contribution in [-0.4, -0.2) is 65.4 Å². The predicted molar refractivity (Wildman–Crippen MR) is 148 cm³/mol. The average molecular weight is 547 g/mol. The topological polar surface area (TPSA) is 92.1 Å². The van der Waals surface area contributed by atoms with Crippen molar-refractivity contribution in [2.75, 3.05) is 18.4 Å². The maximum Gasteiger partial charge on any atom is 0.240 e. The molecule has 7 rings (SSSR count). The van der Waals surface area contributed by atoms with Gasteiger partial charge < -0.3 is 14.8 Å². The Morgan fingerprint density at radius 3 is 2.55 bits per heavy atom. The highest BCUT2D eigenvalue weighted by atomic mass is 19.1. The Bertz CT molecular complexity index is 1600. The molecule has 3 aliphatic heterocycles. The number of halogens is 2. The third-order valence-corrected chi connectivity index (χ3v) is 8.14. The summed E-state index contributed by atoms with van der Waals surface area (Å²) in [6.45, 7) is 11.5. The molecule has 2 bridgehead atoms. The van der Waals surface area contributed by atoms with E-state index >= 15 is 0 Å². The van der Waals surface area contributed by atoms with Gasteiger partial charge in [-0.25, -0.2) is 28.7 Å². The lowest BCUT2D eigenvalue weighted by Crippen LogP contribution is -2.71. The first-order valence-electron chi connectivity index (χ1n) is 13.7. The number of rotatable bonds is 7. The largest absolute Gasteiger partial charge is 0.333 e. The Labute approximate surface area is 231 Å². The summed E-state index contributed by atoms with van der Waals surface area (Å²) in [5.41, 5.74) is 2.00. The van der Waals surface area contributed by atoms with Crippen LogP contribution >= 0.6 is 0 Å². The Hall–Kier alpha value is -3.99. The van der Waals surface area contributed by atoms with E-state index in [0.29, 0.717) is 23.2 Å². The number of fused-ring (bicyclic) bond motifs is 3. The van der Waals surface area contributed by atoms with Gasteiger partial charge in [0.2, 0.25) is 11.9 Å². The number of carbonyl (C=O) groups is 1. The predicted octanol–water partition coefficient (Wildman–Crippen LogP) is 5.17. The Balaban J connectivity index is 1.22. The SMILES string of the molecule is CCN1C2CC1C(=O)N([C@@H](C)c1ccc(Nc3ncc(F)c(-c4cc(F)c5nc(C)n(C(C)C)c5c4)n3)nc1)C2. The number of nitrogens with one attached hydrogen (secondary N) is 1. The van der Waals surface area contributed by atoms with E-state index in [2.05, 4.69) is 37.1 Å². The minimum atomic E-state index is -0.667. The fraction of sp³-hybridized carbons (Fsp3) is 0.414. The Morgan fingerprint density at radius 2 is 1.88 bits per heavy atom. The molecule has 3 saturated heterocycles. The van der Waals surface area contributed by atoms with Gasteiger partial charge in [-0.15, -0.1) is 0 Å². The summed E-state index contributed by atoms with van der Waals surface area (Å²) in [6.07, 6.45) is 3.72. The van der Waals surface area contributed by atoms with Gasteiger partial charge in [0.25, 0.3) is 0 Å². The molecule has 6 heterocycles. The molecule has 0 spiro atoms. The van der Waals surface area contributed by atoms with Crippen molar-refractivity contribution in [3.05, 3.63) is 59.7 Å². The number of benzene rings is 1. The molecule has 3 fully saturated rings. The van der Waals surface area contributed by atoms with E-state index in [1.807, 2.05) is 43.2 Å². The Kier molecular flexibility index (Phi) is 6.48. The Morgan fingerprint density at radius 1 is 1.07 bits per heavy atom. The van der Waals surface area contributed by atoms with Gasteiger partial charge in [-0.3, -0.25) is 9.69 Å². The van der Waals surface area contributed by atoms with Gasteiger partial charge in [0.1, 0.15) is 22.9 Å². The lowest BCUT2D eigenvalue weighted by molar-refractivity contribution is -0.162. The number of nitrogens with zero attached hydrogens (tertiary/aromatic N) is 7. The van der Waals surface area contributed by atoms with E-state index in [4.69, 9.17) is 0 Å². The summed E-state index contributed by atoms with van der Waals surface area (Å²) < 4.78 is 31.8. The number of likely N-dealkylation sites (N-methyl/N-ethyl adjacent to an activating group) is 1. The zero-order valence-electron chi connectivity index (χ0n) is 23.2. The third kappa shape index (κ3) is 4.28. The maximum atomic E-state index is 15.0. The maximum absolute atomic E-state index is 15.0. The van der Waals surface area contributed by atoms with Crippen molar-refractivity contribution in [3.63, 3.8) is 0 Å². The monoisotopic (exact) mass is 546 g/mol. The van der Waals surface area contributed by atoms with Crippen molar-refractivity contribution in [2.24, 2.45) is 0 Å². The lowest BCUT2D eigenvalue weighted by atomic mass is 9.85. The normalized spacial score (nSPS) is 19.8. The molecular formula is C29H32F2N8O. The molecule has 11 heteroatoms. The van der Waals surface area contributed by atoms with Crippen LogP contribution in [0.15, 0.2) is 36.7 Å². The van der Waals surface area contributed by atoms with Crippen LogP contribution in [0.2, 0.25) is 0 Å². The standard InChI is InChI=1S/C29H32F2N8O/c1-6-37-20-11-24(37)28(40)38(14-20)16(4)18-7-8-25(32-12-18)35-29-33-13-22(31)26(36-29)19-9-21(30)27-23(10-19)39(15(2)3)17(5)34-27/h7-10,12-13,15-16,20,24H,6,11,14H2,1-5H3,(H,32,33,35,36)/t16-,20?,24?/m0/s1. The van der Waals surface area contributed by atoms with Crippen molar-refractivity contribution in [1.82, 2.24) is 34.3 Å². The highest BCUT2D eigenvalue weighted by Gasteiger charge is 2.50. The fourth-order valence-corrected chi connectivity index (χ4v) is 6.11. The van der Waals surface area contributed by atoms with Gasteiger partial charge >= 0.3 is 0 Å². The second kappa shape index (κ2) is 9.88. The first-order valence-corrected chi connectivity index (χ1v) is 13.7. The lowest BCUT2D eigenvalue weighted by Gasteiger charge is -2.56. The molecule has 0 saturated carbocycles. The van der Waals surface area contributed by atoms with Crippen LogP contribution in [0, 0.1) is 18.6 Å². The molecule has 0 aliphatic carbocycles. The number of hydrogen-bond acceptors (Lipinski definition) is 7. The van der Waals surface area contributed by atoms with E-state index in [1.54, 1.807) is 18.3 Å². The average Bonchev–Trinajstić information content (AvgIpc) is 3.26. The van der Waals surface area contributed by atoms with Crippen LogP contribution in [0.5, 0.6) is 0 Å². The minimum absolute atomic E-state index is 0.00550. The summed E-state index contributed by atoms with van der Waals surface area (Å²) in [4.78, 5) is 34.4. The van der Waals surface area contributed by atoms with E-state index in [9.17, 15) is 13.6 Å². The molecule has 3 aliphatic rings. The first-order chi connectivity index (χ1) is 19.2. The van der Waals surface area contributed by atoms with Gasteiger partial charge in [-0.05, 0) is 64.4 Å². The molecule has 3 aromatic heterocycles. The second-order valence-corrected chi connectivity index (χ2v) is 10.8. The number of anilines is 2. The summed E-state index contributed by atoms with van der Waals surface area (Å²) in [7, 11) is 0. The quantitative estimate of drug-likeness (QED) is 0.342. The van der Waals surface area contributed by atoms with E-state index in [0.717, 1.165) is 31.3 Å². The number of piperidine rings is 1. The molecule has 40 heavy (non-hydrogen) atoms. The van der Waals surface area contributed by atoms with Crippen LogP contribution in [0.3, 0.4) is 0 Å². The molecule has 208 valence electrons. The molecule has 3 atom stereocenters. The van der Waals surface area contributed by atoms with Crippen LogP contribution in [0.4, 0.5) is 20.5 Å². The van der Waals surface area contributed by atoms with Gasteiger partial charge in [0.05, 0.1) is 23.8 Å². The second-order valence-electron chi connectivity index (χ2n) is 10.8. The van der Waals surface area contributed by atoms with Gasteiger partial charge in [0.15, 0.2) is 11.6 Å². The van der Waals surface area contributed by atoms with Crippen molar-refractivity contribution in [2.45, 2.75) is 65.2 Å². The van der Waals surface area contributed by atoms with Crippen molar-refractivity contribution >= 4 is 28.7 Å². The molecule has 2 unspecified atom stereocenters. The summed E-state index contributed by atoms with van der Waals surface area (Å²) in [6, 6.07) is 7.01. The zero-order valence-corrected chi connectivity index (χ0v) is 23.2. The minimum Gasteiger partial charge on any atom is -0.333 e. The number of pyridine rings is 1. The summed E-state index contributed by atoms with van der Waals surface area (Å²) >= 11 is 0. The number of aryl methyl sites for hydroxylation is 1. The zero-order chi connectivity index (χ0) is 28.3. The van der Waals surface area contributed by atoms with Crippen molar-refractivity contribution in [3.8, 4) is 11.3 Å². The highest BCUT2D eigenvalue weighted by Crippen LogP contribution is 2.37. The van der Waals surface area contributed by atoms with Gasteiger partial charge in [-0.1, -0.05) is 13.0 Å². The van der Waals surface area contributed by atoms with Crippen LogP contribution in [0.1, 0.15) is 57.6 Å². The summed E-state index contributed by atoms with van der Waals surface area (Å²) in [5.74, 6) is 0.242. The third-order valence-electron chi connectivity index (χ3n) is 8.14. The molecule has 4 aromatic rings. The molecular weight excluding hydrogens is 514 g/mol. The highest BCUT2D eigenvalue weighted by molar-refractivity contribution is 5.85. The molecule has 0 radical (unpaired) electrons. The smallest absolute Gasteiger partial charge is 0.240 e. The van der Waals surface area contributed by atoms with Crippen molar-refractivity contribution in [1.29, 1.82) is 0 Å². The number of imidazole rings is 1. The van der Waals surface area contributed by atoms with E-state index < -0.39 is 11.6 Å². The van der Waals surface area contributed by atoms with E-state index in [1.165, 1.54) is 6.07 Å². The van der Waals surface area contributed by atoms with Crippen LogP contribution in [0.25, 0.3) is 22.3 Å². The number of piperazine rings is 1. The van der Waals surface area contributed by atoms with Crippen LogP contribution in [-0.2, 0) is 4.79 Å². The van der Waals surface area contributed by atoms with Crippen molar-refractivity contribution < 1.29 is 13.6 Å². The first kappa shape index (κ1) is 26.2. The number of carbonyl (C=O) groups excluding carboxylic acids is 1. The van der Waals surface area contributed by atoms with E-state index in [-0.39, 0.29) is 46.8 Å². The number of amides is 1. The van der Waals surface area contributed by atoms with Crippen LogP contribution < -0.4 is 5.32 Å². The molecule has 1 aromatic carbocycles. The number of hydrogen-bond donors (Lipinski definition) is 1. The van der Waals surface area contributed by atoms with Gasteiger partial charge in [0, 0.05) is 30.4 Å². The molecule has 1 amide bonds.